The van der Waals surface area contributed by atoms with Gasteiger partial charge in [0.2, 0.25) is 0 Å². The molecule has 2 aromatic rings. The number of hydrogen-bond donors (Lipinski definition) is 1. The minimum Gasteiger partial charge on any atom is -0.490 e. The van der Waals surface area contributed by atoms with E-state index in [1.165, 1.54) is 5.06 Å². The van der Waals surface area contributed by atoms with Gasteiger partial charge in [0.15, 0.2) is 11.7 Å². The number of hydroxylamine groups is 2. The smallest absolute Gasteiger partial charge is 0.282 e. The summed E-state index contributed by atoms with van der Waals surface area (Å²) in [6, 6.07) is 13.3. The van der Waals surface area contributed by atoms with E-state index in [0.717, 1.165) is 21.3 Å². The number of fused-ring (bicyclic) bond motifs is 1. The second kappa shape index (κ2) is 8.77. The van der Waals surface area contributed by atoms with Gasteiger partial charge in [0.25, 0.3) is 5.91 Å². The van der Waals surface area contributed by atoms with Gasteiger partial charge in [-0.05, 0) is 65.2 Å². The van der Waals surface area contributed by atoms with E-state index in [2.05, 4.69) is 20.9 Å². The third-order valence-electron chi connectivity index (χ3n) is 4.64. The first-order chi connectivity index (χ1) is 14.9. The molecule has 0 spiro atoms. The van der Waals surface area contributed by atoms with Crippen molar-refractivity contribution in [3.8, 4) is 11.5 Å². The fraction of sp³-hybridized carbons (Fsp3) is 0.174. The molecule has 2 aliphatic heterocycles. The molecule has 31 heavy (non-hydrogen) atoms. The summed E-state index contributed by atoms with van der Waals surface area (Å²) < 4.78 is 12.3. The lowest BCUT2D eigenvalue weighted by Crippen LogP contribution is -2.38. The van der Waals surface area contributed by atoms with Crippen LogP contribution in [0.2, 0.25) is 0 Å². The van der Waals surface area contributed by atoms with Crippen LogP contribution in [0.15, 0.2) is 69.3 Å². The Kier molecular flexibility index (Phi) is 5.90. The highest BCUT2D eigenvalue weighted by molar-refractivity contribution is 9.10. The largest absolute Gasteiger partial charge is 0.490 e. The van der Waals surface area contributed by atoms with Crippen LogP contribution in [0.4, 0.5) is 0 Å². The molecule has 2 aliphatic rings. The van der Waals surface area contributed by atoms with Crippen LogP contribution >= 0.6 is 15.9 Å². The van der Waals surface area contributed by atoms with Gasteiger partial charge in [0, 0.05) is 6.08 Å². The Bertz CT molecular complexity index is 1150. The number of benzene rings is 2. The molecule has 1 N–H and O–H groups in total. The van der Waals surface area contributed by atoms with Gasteiger partial charge in [-0.25, -0.2) is 0 Å². The molecule has 2 aromatic carbocycles. The van der Waals surface area contributed by atoms with Gasteiger partial charge in [-0.2, -0.15) is 4.99 Å². The topological polar surface area (TPSA) is 84.2 Å². The van der Waals surface area contributed by atoms with Crippen molar-refractivity contribution in [1.29, 1.82) is 5.41 Å². The van der Waals surface area contributed by atoms with Crippen molar-refractivity contribution < 1.29 is 19.1 Å². The number of nitrogens with one attached hydrogen (secondary N) is 1. The minimum absolute atomic E-state index is 0.0482. The molecule has 8 heteroatoms. The Morgan fingerprint density at radius 1 is 1.13 bits per heavy atom. The number of nitrogens with zero attached hydrogens (tertiary/aromatic N) is 2. The van der Waals surface area contributed by atoms with Crippen molar-refractivity contribution in [3.05, 3.63) is 75.5 Å². The normalized spacial score (nSPS) is 16.6. The average molecular weight is 482 g/mol. The molecule has 158 valence electrons. The fourth-order valence-corrected chi connectivity index (χ4v) is 3.62. The maximum absolute atomic E-state index is 12.4. The van der Waals surface area contributed by atoms with E-state index < -0.39 is 5.91 Å². The molecule has 0 radical (unpaired) electrons. The number of amidine groups is 2. The number of rotatable bonds is 6. The van der Waals surface area contributed by atoms with Crippen molar-refractivity contribution in [3.63, 3.8) is 0 Å². The van der Waals surface area contributed by atoms with E-state index in [-0.39, 0.29) is 11.4 Å². The maximum atomic E-state index is 12.4. The van der Waals surface area contributed by atoms with E-state index in [1.807, 2.05) is 43.3 Å². The molecule has 0 saturated heterocycles. The molecule has 1 amide bonds. The summed E-state index contributed by atoms with van der Waals surface area (Å²) in [5.41, 5.74) is 1.95. The molecule has 7 nitrogen and oxygen atoms in total. The summed E-state index contributed by atoms with van der Waals surface area (Å²) >= 11 is 3.50. The van der Waals surface area contributed by atoms with E-state index in [9.17, 15) is 4.79 Å². The zero-order valence-corrected chi connectivity index (χ0v) is 18.6. The van der Waals surface area contributed by atoms with Crippen LogP contribution in [-0.4, -0.2) is 35.9 Å². The first-order valence-corrected chi connectivity index (χ1v) is 10.4. The molecule has 0 fully saturated rings. The minimum atomic E-state index is -0.476. The number of ether oxygens (including phenoxy) is 2. The van der Waals surface area contributed by atoms with E-state index >= 15 is 0 Å². The summed E-state index contributed by atoms with van der Waals surface area (Å²) in [7, 11) is 0. The van der Waals surface area contributed by atoms with Crippen LogP contribution in [0.3, 0.4) is 0 Å². The summed E-state index contributed by atoms with van der Waals surface area (Å²) in [5.74, 6) is 1.87. The quantitative estimate of drug-likeness (QED) is 0.478. The van der Waals surface area contributed by atoms with Crippen LogP contribution in [0.25, 0.3) is 6.08 Å². The molecule has 0 saturated carbocycles. The molecule has 2 heterocycles. The second-order valence-electron chi connectivity index (χ2n) is 6.97. The molecule has 0 bridgehead atoms. The van der Waals surface area contributed by atoms with E-state index in [4.69, 9.17) is 19.7 Å². The Labute approximate surface area is 188 Å². The van der Waals surface area contributed by atoms with Crippen LogP contribution in [0.1, 0.15) is 18.1 Å². The number of hydrogen-bond acceptors (Lipinski definition) is 5. The average Bonchev–Trinajstić information content (AvgIpc) is 3.11. The predicted molar refractivity (Wildman–Crippen MR) is 121 cm³/mol. The number of halogens is 1. The Balaban J connectivity index is 1.40. The highest BCUT2D eigenvalue weighted by Crippen LogP contribution is 2.29. The van der Waals surface area contributed by atoms with Gasteiger partial charge in [-0.1, -0.05) is 24.3 Å². The molecule has 0 unspecified atom stereocenters. The number of para-hydroxylation sites is 1. The van der Waals surface area contributed by atoms with Crippen molar-refractivity contribution in [1.82, 2.24) is 5.06 Å². The highest BCUT2D eigenvalue weighted by Gasteiger charge is 2.34. The van der Waals surface area contributed by atoms with E-state index in [0.29, 0.717) is 30.6 Å². The number of carbonyl (C=O) groups excluding carboxylic acids is 1. The van der Waals surface area contributed by atoms with Gasteiger partial charge in [0.05, 0.1) is 10.0 Å². The van der Waals surface area contributed by atoms with Crippen molar-refractivity contribution in [2.24, 2.45) is 4.99 Å². The Morgan fingerprint density at radius 3 is 2.61 bits per heavy atom. The zero-order valence-electron chi connectivity index (χ0n) is 17.0. The molecular weight excluding hydrogens is 462 g/mol. The summed E-state index contributed by atoms with van der Waals surface area (Å²) in [4.78, 5) is 21.8. The van der Waals surface area contributed by atoms with Crippen molar-refractivity contribution in [2.45, 2.75) is 13.8 Å². The lowest BCUT2D eigenvalue weighted by Gasteiger charge is -2.23. The molecule has 0 atom stereocenters. The number of aliphatic imine (C=N–C) groups is 1. The lowest BCUT2D eigenvalue weighted by molar-refractivity contribution is -0.114. The monoisotopic (exact) mass is 481 g/mol. The number of aryl methyl sites for hydroxylation is 1. The van der Waals surface area contributed by atoms with Crippen LogP contribution in [0, 0.1) is 12.3 Å². The summed E-state index contributed by atoms with van der Waals surface area (Å²) in [5, 5.41) is 9.52. The Morgan fingerprint density at radius 2 is 1.87 bits per heavy atom. The van der Waals surface area contributed by atoms with Crippen LogP contribution in [0.5, 0.6) is 11.5 Å². The summed E-state index contributed by atoms with van der Waals surface area (Å²) in [6.45, 7) is 4.53. The van der Waals surface area contributed by atoms with Gasteiger partial charge < -0.3 is 14.3 Å². The fourth-order valence-electron chi connectivity index (χ4n) is 3.11. The first-order valence-electron chi connectivity index (χ1n) is 9.63. The van der Waals surface area contributed by atoms with Crippen LogP contribution in [-0.2, 0) is 9.63 Å². The highest BCUT2D eigenvalue weighted by atomic mass is 79.9. The third-order valence-corrected chi connectivity index (χ3v) is 5.26. The SMILES string of the molecule is CC1=CC2=NC(=O)/C(=C/c3ccc(OCCOc4ccccc4C)c(Br)c3)C(=N)N2O1. The standard InChI is InChI=1S/C23H20BrN3O4/c1-14-5-3-4-6-19(14)29-9-10-30-20-8-7-16(13-18(20)24)12-17-22(25)27-21(26-23(17)28)11-15(2)31-27/h3-8,11-13,25H,9-10H2,1-2H3/b17-12+,25-22?. The molecule has 4 rings (SSSR count). The number of carbonyl (C=O) groups is 1. The van der Waals surface area contributed by atoms with Crippen LogP contribution < -0.4 is 9.47 Å². The lowest BCUT2D eigenvalue weighted by atomic mass is 10.1. The zero-order chi connectivity index (χ0) is 22.0. The Hall–Kier alpha value is -3.39. The maximum Gasteiger partial charge on any atom is 0.282 e. The van der Waals surface area contributed by atoms with E-state index in [1.54, 1.807) is 25.1 Å². The molecule has 0 aromatic heterocycles. The molecular formula is C23H20BrN3O4. The second-order valence-corrected chi connectivity index (χ2v) is 7.83. The number of allylic oxidation sites excluding steroid dienone is 1. The summed E-state index contributed by atoms with van der Waals surface area (Å²) in [6.07, 6.45) is 3.23. The third kappa shape index (κ3) is 4.54. The van der Waals surface area contributed by atoms with Gasteiger partial charge >= 0.3 is 0 Å². The predicted octanol–water partition coefficient (Wildman–Crippen LogP) is 4.67. The van der Waals surface area contributed by atoms with Gasteiger partial charge in [0.1, 0.15) is 30.5 Å². The number of amides is 1. The van der Waals surface area contributed by atoms with Gasteiger partial charge in [-0.3, -0.25) is 10.2 Å². The molecule has 0 aliphatic carbocycles. The van der Waals surface area contributed by atoms with Crippen molar-refractivity contribution in [2.75, 3.05) is 13.2 Å². The van der Waals surface area contributed by atoms with Gasteiger partial charge in [-0.15, -0.1) is 5.06 Å². The van der Waals surface area contributed by atoms with Crippen molar-refractivity contribution >= 4 is 39.6 Å². The first kappa shape index (κ1) is 20.9.